The quantitative estimate of drug-likeness (QED) is 0.833. The summed E-state index contributed by atoms with van der Waals surface area (Å²) in [6.45, 7) is 6.41. The van der Waals surface area contributed by atoms with Crippen LogP contribution in [0.25, 0.3) is 0 Å². The molecular weight excluding hydrogens is 312 g/mol. The van der Waals surface area contributed by atoms with Crippen molar-refractivity contribution < 1.29 is 9.90 Å². The Labute approximate surface area is 151 Å². The van der Waals surface area contributed by atoms with E-state index >= 15 is 0 Å². The van der Waals surface area contributed by atoms with Crippen LogP contribution in [0.3, 0.4) is 0 Å². The smallest absolute Gasteiger partial charge is 0.251 e. The highest BCUT2D eigenvalue weighted by Crippen LogP contribution is 2.36. The second kappa shape index (κ2) is 8.33. The Morgan fingerprint density at radius 1 is 1.20 bits per heavy atom. The predicted molar refractivity (Wildman–Crippen MR) is 100 cm³/mol. The maximum atomic E-state index is 12.4. The number of rotatable bonds is 6. The molecule has 0 unspecified atom stereocenters. The number of hydrogen-bond acceptors (Lipinski definition) is 3. The van der Waals surface area contributed by atoms with Crippen LogP contribution in [-0.2, 0) is 6.54 Å². The molecule has 0 bridgehead atoms. The Morgan fingerprint density at radius 2 is 1.84 bits per heavy atom. The van der Waals surface area contributed by atoms with E-state index in [-0.39, 0.29) is 11.3 Å². The summed E-state index contributed by atoms with van der Waals surface area (Å²) in [6.07, 6.45) is 7.18. The second-order valence-electron chi connectivity index (χ2n) is 8.30. The third-order valence-electron chi connectivity index (χ3n) is 6.07. The molecule has 1 aromatic carbocycles. The molecule has 138 valence electrons. The lowest BCUT2D eigenvalue weighted by Gasteiger charge is -2.31. The van der Waals surface area contributed by atoms with Crippen LogP contribution in [0.5, 0.6) is 0 Å². The average molecular weight is 344 g/mol. The monoisotopic (exact) mass is 344 g/mol. The number of nitrogens with one attached hydrogen (secondary N) is 1. The van der Waals surface area contributed by atoms with Crippen molar-refractivity contribution in [3.63, 3.8) is 0 Å². The zero-order valence-corrected chi connectivity index (χ0v) is 15.5. The highest BCUT2D eigenvalue weighted by molar-refractivity contribution is 5.94. The van der Waals surface area contributed by atoms with Gasteiger partial charge in [-0.3, -0.25) is 9.69 Å². The van der Waals surface area contributed by atoms with Gasteiger partial charge in [-0.05, 0) is 67.8 Å². The zero-order valence-electron chi connectivity index (χ0n) is 15.5. The molecule has 0 radical (unpaired) electrons. The number of piperidine rings is 1. The van der Waals surface area contributed by atoms with Crippen LogP contribution in [0.4, 0.5) is 0 Å². The highest BCUT2D eigenvalue weighted by atomic mass is 16.3. The number of carbonyl (C=O) groups is 1. The van der Waals surface area contributed by atoms with Gasteiger partial charge in [0.15, 0.2) is 0 Å². The van der Waals surface area contributed by atoms with Crippen molar-refractivity contribution >= 4 is 5.91 Å². The molecule has 25 heavy (non-hydrogen) atoms. The maximum Gasteiger partial charge on any atom is 0.251 e. The molecule has 2 N–H and O–H groups in total. The molecule has 4 nitrogen and oxygen atoms in total. The largest absolute Gasteiger partial charge is 0.396 e. The van der Waals surface area contributed by atoms with Gasteiger partial charge >= 0.3 is 0 Å². The molecule has 0 atom stereocenters. The number of aliphatic hydroxyl groups excluding tert-OH is 1. The Balaban J connectivity index is 1.47. The summed E-state index contributed by atoms with van der Waals surface area (Å²) < 4.78 is 0. The van der Waals surface area contributed by atoms with Crippen molar-refractivity contribution in [3.8, 4) is 0 Å². The maximum absolute atomic E-state index is 12.4. The molecule has 1 aliphatic heterocycles. The van der Waals surface area contributed by atoms with E-state index in [0.717, 1.165) is 44.6 Å². The Bertz CT molecular complexity index is 556. The van der Waals surface area contributed by atoms with Crippen LogP contribution in [-0.4, -0.2) is 42.2 Å². The minimum atomic E-state index is 0.0448. The van der Waals surface area contributed by atoms with Gasteiger partial charge in [0.1, 0.15) is 0 Å². The van der Waals surface area contributed by atoms with Crippen LogP contribution in [0.2, 0.25) is 0 Å². The van der Waals surface area contributed by atoms with Crippen molar-refractivity contribution in [1.82, 2.24) is 10.2 Å². The summed E-state index contributed by atoms with van der Waals surface area (Å²) in [4.78, 5) is 14.8. The van der Waals surface area contributed by atoms with Gasteiger partial charge in [-0.25, -0.2) is 0 Å². The molecule has 1 heterocycles. The molecule has 0 spiro atoms. The van der Waals surface area contributed by atoms with E-state index in [0.29, 0.717) is 12.5 Å². The molecule has 0 aromatic heterocycles. The molecule has 1 saturated carbocycles. The van der Waals surface area contributed by atoms with E-state index in [9.17, 15) is 9.90 Å². The van der Waals surface area contributed by atoms with E-state index in [1.54, 1.807) is 0 Å². The normalized spacial score (nSPS) is 21.4. The topological polar surface area (TPSA) is 52.6 Å². The minimum Gasteiger partial charge on any atom is -0.396 e. The van der Waals surface area contributed by atoms with Gasteiger partial charge in [0.25, 0.3) is 5.91 Å². The first kappa shape index (κ1) is 18.4. The Hall–Kier alpha value is -1.39. The fraction of sp³-hybridized carbons (Fsp3) is 0.667. The van der Waals surface area contributed by atoms with Gasteiger partial charge in [-0.2, -0.15) is 0 Å². The van der Waals surface area contributed by atoms with Gasteiger partial charge in [0, 0.05) is 25.3 Å². The number of hydrogen-bond donors (Lipinski definition) is 2. The van der Waals surface area contributed by atoms with Crippen LogP contribution in [0, 0.1) is 11.3 Å². The van der Waals surface area contributed by atoms with Crippen molar-refractivity contribution in [1.29, 1.82) is 0 Å². The first-order valence-electron chi connectivity index (χ1n) is 9.78. The average Bonchev–Trinajstić information content (AvgIpc) is 3.08. The molecule has 2 fully saturated rings. The number of benzene rings is 1. The molecule has 2 aliphatic rings. The van der Waals surface area contributed by atoms with E-state index < -0.39 is 0 Å². The zero-order chi connectivity index (χ0) is 17.7. The van der Waals surface area contributed by atoms with Gasteiger partial charge in [0.05, 0.1) is 0 Å². The number of likely N-dealkylation sites (tertiary alicyclic amines) is 1. The number of aliphatic hydroxyl groups is 1. The summed E-state index contributed by atoms with van der Waals surface area (Å²) in [7, 11) is 0. The molecule has 1 aromatic rings. The van der Waals surface area contributed by atoms with Crippen molar-refractivity contribution in [2.24, 2.45) is 11.3 Å². The summed E-state index contributed by atoms with van der Waals surface area (Å²) in [5, 5.41) is 12.3. The van der Waals surface area contributed by atoms with Gasteiger partial charge in [-0.1, -0.05) is 31.9 Å². The standard InChI is InChI=1S/C21H32N2O2/c1-21(10-2-3-11-21)16-22-20(25)19-6-4-17(5-7-19)14-23-12-8-18(15-24)9-13-23/h4-7,18,24H,2-3,8-16H2,1H3,(H,22,25). The van der Waals surface area contributed by atoms with Crippen LogP contribution >= 0.6 is 0 Å². The number of carbonyl (C=O) groups excluding carboxylic acids is 1. The molecule has 3 rings (SSSR count). The lowest BCUT2D eigenvalue weighted by molar-refractivity contribution is 0.0934. The highest BCUT2D eigenvalue weighted by Gasteiger charge is 2.29. The summed E-state index contributed by atoms with van der Waals surface area (Å²) in [6, 6.07) is 8.04. The molecular formula is C21H32N2O2. The summed E-state index contributed by atoms with van der Waals surface area (Å²) in [5.41, 5.74) is 2.29. The van der Waals surface area contributed by atoms with Crippen molar-refractivity contribution in [3.05, 3.63) is 35.4 Å². The van der Waals surface area contributed by atoms with E-state index in [1.165, 1.54) is 31.2 Å². The Morgan fingerprint density at radius 3 is 2.44 bits per heavy atom. The SMILES string of the molecule is CC1(CNC(=O)c2ccc(CN3CCC(CO)CC3)cc2)CCCC1. The lowest BCUT2D eigenvalue weighted by Crippen LogP contribution is -2.34. The van der Waals surface area contributed by atoms with Crippen LogP contribution < -0.4 is 5.32 Å². The summed E-state index contributed by atoms with van der Waals surface area (Å²) in [5.74, 6) is 0.521. The Kier molecular flexibility index (Phi) is 6.13. The number of amides is 1. The third-order valence-corrected chi connectivity index (χ3v) is 6.07. The predicted octanol–water partition coefficient (Wildman–Crippen LogP) is 3.20. The first-order chi connectivity index (χ1) is 12.1. The molecule has 1 saturated heterocycles. The molecule has 1 amide bonds. The van der Waals surface area contributed by atoms with Crippen LogP contribution in [0.15, 0.2) is 24.3 Å². The molecule has 1 aliphatic carbocycles. The van der Waals surface area contributed by atoms with E-state index in [1.807, 2.05) is 12.1 Å². The lowest BCUT2D eigenvalue weighted by atomic mass is 9.89. The first-order valence-corrected chi connectivity index (χ1v) is 9.78. The van der Waals surface area contributed by atoms with Gasteiger partial charge < -0.3 is 10.4 Å². The van der Waals surface area contributed by atoms with Gasteiger partial charge in [0.2, 0.25) is 0 Å². The van der Waals surface area contributed by atoms with E-state index in [2.05, 4.69) is 29.3 Å². The molecule has 4 heteroatoms. The van der Waals surface area contributed by atoms with Crippen LogP contribution in [0.1, 0.15) is 61.4 Å². The van der Waals surface area contributed by atoms with Crippen molar-refractivity contribution in [2.45, 2.75) is 52.0 Å². The second-order valence-corrected chi connectivity index (χ2v) is 8.30. The third kappa shape index (κ3) is 5.05. The van der Waals surface area contributed by atoms with E-state index in [4.69, 9.17) is 0 Å². The minimum absolute atomic E-state index is 0.0448. The fourth-order valence-corrected chi connectivity index (χ4v) is 4.15. The fourth-order valence-electron chi connectivity index (χ4n) is 4.15. The number of nitrogens with zero attached hydrogens (tertiary/aromatic N) is 1. The van der Waals surface area contributed by atoms with Gasteiger partial charge in [-0.15, -0.1) is 0 Å². The summed E-state index contributed by atoms with van der Waals surface area (Å²) >= 11 is 0. The van der Waals surface area contributed by atoms with Crippen molar-refractivity contribution in [2.75, 3.05) is 26.2 Å².